The highest BCUT2D eigenvalue weighted by molar-refractivity contribution is 5.83. The molecule has 4 N–H and O–H groups in total. The molecule has 0 radical (unpaired) electrons. The summed E-state index contributed by atoms with van der Waals surface area (Å²) in [5, 5.41) is 12.5. The maximum absolute atomic E-state index is 12.9. The Morgan fingerprint density at radius 2 is 1.94 bits per heavy atom. The van der Waals surface area contributed by atoms with Gasteiger partial charge in [-0.15, -0.1) is 0 Å². The highest BCUT2D eigenvalue weighted by atomic mass is 16.2. The topological polar surface area (TPSA) is 109 Å². The molecule has 10 nitrogen and oxygen atoms in total. The molecule has 0 aromatic heterocycles. The first kappa shape index (κ1) is 24.2. The van der Waals surface area contributed by atoms with E-state index in [1.165, 1.54) is 19.3 Å². The number of hydrogen-bond donors (Lipinski definition) is 4. The lowest BCUT2D eigenvalue weighted by Crippen LogP contribution is -2.58. The van der Waals surface area contributed by atoms with Gasteiger partial charge in [0.25, 0.3) is 0 Å². The molecule has 1 unspecified atom stereocenters. The Hall–Kier alpha value is -1.91. The first-order valence-corrected chi connectivity index (χ1v) is 12.8. The highest BCUT2D eigenvalue weighted by Crippen LogP contribution is 2.26. The number of rotatable bonds is 6. The molecule has 0 spiro atoms. The van der Waals surface area contributed by atoms with E-state index in [-0.39, 0.29) is 42.0 Å². The molecule has 4 aliphatic heterocycles. The van der Waals surface area contributed by atoms with Crippen molar-refractivity contribution in [2.24, 2.45) is 0 Å². The fourth-order valence-electron chi connectivity index (χ4n) is 5.71. The van der Waals surface area contributed by atoms with Gasteiger partial charge in [-0.05, 0) is 52.5 Å². The maximum Gasteiger partial charge on any atom is 0.315 e. The summed E-state index contributed by atoms with van der Waals surface area (Å²) in [7, 11) is 0. The molecule has 4 saturated heterocycles. The van der Waals surface area contributed by atoms with Crippen LogP contribution in [0.5, 0.6) is 0 Å². The molecule has 0 bridgehead atoms. The van der Waals surface area contributed by atoms with E-state index in [1.54, 1.807) is 0 Å². The number of nitrogens with one attached hydrogen (secondary N) is 4. The number of piperidine rings is 1. The molecule has 4 amide bonds. The van der Waals surface area contributed by atoms with Crippen LogP contribution < -0.4 is 21.3 Å². The number of hydrogen-bond acceptors (Lipinski definition) is 6. The van der Waals surface area contributed by atoms with E-state index in [0.29, 0.717) is 32.1 Å². The van der Waals surface area contributed by atoms with E-state index in [1.807, 2.05) is 18.7 Å². The minimum atomic E-state index is -0.227. The lowest BCUT2D eigenvalue weighted by atomic mass is 10.0. The van der Waals surface area contributed by atoms with E-state index in [9.17, 15) is 14.4 Å². The summed E-state index contributed by atoms with van der Waals surface area (Å²) >= 11 is 0. The summed E-state index contributed by atoms with van der Waals surface area (Å²) in [6.45, 7) is 9.60. The van der Waals surface area contributed by atoms with Gasteiger partial charge in [0, 0.05) is 63.8 Å². The minimum Gasteiger partial charge on any atom is -0.353 e. The van der Waals surface area contributed by atoms with Crippen molar-refractivity contribution in [3.63, 3.8) is 0 Å². The third-order valence-electron chi connectivity index (χ3n) is 7.46. The summed E-state index contributed by atoms with van der Waals surface area (Å²) < 4.78 is 0. The quantitative estimate of drug-likeness (QED) is 0.429. The van der Waals surface area contributed by atoms with Gasteiger partial charge in [0.15, 0.2) is 0 Å². The van der Waals surface area contributed by atoms with Crippen molar-refractivity contribution in [2.45, 2.75) is 82.7 Å². The van der Waals surface area contributed by atoms with Crippen molar-refractivity contribution in [3.05, 3.63) is 0 Å². The van der Waals surface area contributed by atoms with Crippen molar-refractivity contribution in [3.8, 4) is 0 Å². The first-order valence-electron chi connectivity index (χ1n) is 12.8. The average Bonchev–Trinajstić information content (AvgIpc) is 3.23. The van der Waals surface area contributed by atoms with Gasteiger partial charge in [0.05, 0.1) is 12.2 Å². The Balaban J connectivity index is 1.23. The SMILES string of the molecule is CC(C)NC(=O)N[C@@H]1C[C@H]2C(=O)NC[C@@H](CCC(=O)N3CCN(C4CCCCN4)CC3)N2C1. The summed E-state index contributed by atoms with van der Waals surface area (Å²) in [5.41, 5.74) is 0. The number of piperazine rings is 2. The lowest BCUT2D eigenvalue weighted by molar-refractivity contribution is -0.134. The summed E-state index contributed by atoms with van der Waals surface area (Å²) in [4.78, 5) is 44.1. The van der Waals surface area contributed by atoms with Gasteiger partial charge in [-0.3, -0.25) is 19.4 Å². The van der Waals surface area contributed by atoms with Crippen LogP contribution in [0.4, 0.5) is 4.79 Å². The third-order valence-corrected chi connectivity index (χ3v) is 7.46. The van der Waals surface area contributed by atoms with Crippen LogP contribution in [0.25, 0.3) is 0 Å². The molecule has 0 aromatic rings. The van der Waals surface area contributed by atoms with Crippen LogP contribution in [0.3, 0.4) is 0 Å². The van der Waals surface area contributed by atoms with Crippen LogP contribution in [-0.2, 0) is 9.59 Å². The number of urea groups is 1. The standard InChI is InChI=1S/C23H41N7O3/c1-16(2)26-23(33)27-17-13-19-22(32)25-14-18(30(19)15-17)6-7-21(31)29-11-9-28(10-12-29)20-5-3-4-8-24-20/h16-20,24H,3-15H2,1-2H3,(H,25,32)(H2,26,27,33)/t17-,18-,19+,20?/m1/s1. The van der Waals surface area contributed by atoms with E-state index in [4.69, 9.17) is 0 Å². The van der Waals surface area contributed by atoms with Crippen LogP contribution >= 0.6 is 0 Å². The molecule has 33 heavy (non-hydrogen) atoms. The number of fused-ring (bicyclic) bond motifs is 1. The fourth-order valence-corrected chi connectivity index (χ4v) is 5.71. The zero-order valence-corrected chi connectivity index (χ0v) is 20.1. The largest absolute Gasteiger partial charge is 0.353 e. The number of carbonyl (C=O) groups excluding carboxylic acids is 3. The van der Waals surface area contributed by atoms with Gasteiger partial charge in [-0.2, -0.15) is 0 Å². The van der Waals surface area contributed by atoms with Gasteiger partial charge >= 0.3 is 6.03 Å². The minimum absolute atomic E-state index is 0.0265. The fraction of sp³-hybridized carbons (Fsp3) is 0.870. The second kappa shape index (κ2) is 11.0. The molecular formula is C23H41N7O3. The Morgan fingerprint density at radius 1 is 1.15 bits per heavy atom. The second-order valence-electron chi connectivity index (χ2n) is 10.2. The van der Waals surface area contributed by atoms with Gasteiger partial charge in [0.1, 0.15) is 0 Å². The van der Waals surface area contributed by atoms with Crippen LogP contribution in [0, 0.1) is 0 Å². The Morgan fingerprint density at radius 3 is 2.64 bits per heavy atom. The summed E-state index contributed by atoms with van der Waals surface area (Å²) in [6, 6.07) is -0.280. The third kappa shape index (κ3) is 6.16. The van der Waals surface area contributed by atoms with Gasteiger partial charge in [0.2, 0.25) is 11.8 Å². The molecule has 0 aromatic carbocycles. The zero-order chi connectivity index (χ0) is 23.4. The van der Waals surface area contributed by atoms with Crippen molar-refractivity contribution in [2.75, 3.05) is 45.8 Å². The molecular weight excluding hydrogens is 422 g/mol. The number of nitrogens with zero attached hydrogens (tertiary/aromatic N) is 3. The Labute approximate surface area is 197 Å². The number of carbonyl (C=O) groups is 3. The summed E-state index contributed by atoms with van der Waals surface area (Å²) in [6.07, 6.45) is 6.05. The molecule has 186 valence electrons. The van der Waals surface area contributed by atoms with Crippen molar-refractivity contribution in [1.29, 1.82) is 0 Å². The maximum atomic E-state index is 12.9. The smallest absolute Gasteiger partial charge is 0.315 e. The van der Waals surface area contributed by atoms with E-state index in [2.05, 4.69) is 31.1 Å². The molecule has 4 rings (SSSR count). The first-order chi connectivity index (χ1) is 15.9. The predicted octanol–water partition coefficient (Wildman–Crippen LogP) is -0.341. The average molecular weight is 464 g/mol. The molecule has 4 atom stereocenters. The number of amides is 4. The van der Waals surface area contributed by atoms with E-state index in [0.717, 1.165) is 39.1 Å². The van der Waals surface area contributed by atoms with Gasteiger partial charge in [-0.1, -0.05) is 0 Å². The highest BCUT2D eigenvalue weighted by Gasteiger charge is 2.44. The second-order valence-corrected chi connectivity index (χ2v) is 10.2. The van der Waals surface area contributed by atoms with Crippen molar-refractivity contribution < 1.29 is 14.4 Å². The van der Waals surface area contributed by atoms with Crippen molar-refractivity contribution >= 4 is 17.8 Å². The van der Waals surface area contributed by atoms with E-state index >= 15 is 0 Å². The molecule has 0 aliphatic carbocycles. The van der Waals surface area contributed by atoms with Crippen molar-refractivity contribution in [1.82, 2.24) is 36.0 Å². The molecule has 4 fully saturated rings. The molecule has 0 saturated carbocycles. The molecule has 10 heteroatoms. The van der Waals surface area contributed by atoms with Crippen LogP contribution in [-0.4, -0.2) is 109 Å². The molecule has 4 heterocycles. The normalized spacial score (nSPS) is 31.2. The van der Waals surface area contributed by atoms with E-state index < -0.39 is 0 Å². The Bertz CT molecular complexity index is 704. The molecule has 4 aliphatic rings. The van der Waals surface area contributed by atoms with Crippen LogP contribution in [0.1, 0.15) is 52.4 Å². The predicted molar refractivity (Wildman–Crippen MR) is 126 cm³/mol. The van der Waals surface area contributed by atoms with Crippen LogP contribution in [0.15, 0.2) is 0 Å². The zero-order valence-electron chi connectivity index (χ0n) is 20.1. The Kier molecular flexibility index (Phi) is 8.08. The van der Waals surface area contributed by atoms with Crippen LogP contribution in [0.2, 0.25) is 0 Å². The van der Waals surface area contributed by atoms with Gasteiger partial charge < -0.3 is 26.2 Å². The van der Waals surface area contributed by atoms with Gasteiger partial charge in [-0.25, -0.2) is 4.79 Å². The summed E-state index contributed by atoms with van der Waals surface area (Å²) in [5.74, 6) is 0.239. The lowest BCUT2D eigenvalue weighted by Gasteiger charge is -2.41. The monoisotopic (exact) mass is 463 g/mol.